The highest BCUT2D eigenvalue weighted by Gasteiger charge is 2.22. The first-order valence-corrected chi connectivity index (χ1v) is 4.94. The monoisotopic (exact) mass is 220 g/mol. The Kier molecular flexibility index (Phi) is 2.81. The number of aromatic hydroxyl groups is 1. The fraction of sp³-hybridized carbons (Fsp3) is 0.250. The van der Waals surface area contributed by atoms with Gasteiger partial charge in [0.15, 0.2) is 11.5 Å². The van der Waals surface area contributed by atoms with Gasteiger partial charge in [0.2, 0.25) is 0 Å². The summed E-state index contributed by atoms with van der Waals surface area (Å²) in [6, 6.07) is 5.03. The molecule has 0 spiro atoms. The molecule has 16 heavy (non-hydrogen) atoms. The van der Waals surface area contributed by atoms with Crippen molar-refractivity contribution < 1.29 is 19.4 Å². The van der Waals surface area contributed by atoms with Gasteiger partial charge in [-0.25, -0.2) is 0 Å². The molecule has 1 aliphatic rings. The van der Waals surface area contributed by atoms with Gasteiger partial charge in [0.05, 0.1) is 19.3 Å². The molecule has 84 valence electrons. The van der Waals surface area contributed by atoms with Crippen molar-refractivity contribution in [1.82, 2.24) is 0 Å². The third kappa shape index (κ3) is 2.00. The summed E-state index contributed by atoms with van der Waals surface area (Å²) < 4.78 is 9.71. The number of ether oxygens (including phenoxy) is 2. The zero-order chi connectivity index (χ0) is 11.5. The Morgan fingerprint density at radius 2 is 2.31 bits per heavy atom. The van der Waals surface area contributed by atoms with Crippen LogP contribution in [0, 0.1) is 5.92 Å². The molecule has 0 fully saturated rings. The maximum Gasteiger partial charge on any atom is 0.318 e. The van der Waals surface area contributed by atoms with Crippen LogP contribution in [0.15, 0.2) is 30.5 Å². The third-order valence-corrected chi connectivity index (χ3v) is 2.50. The SMILES string of the molecule is COc1cc(CC2C=COC2=O)ccc1O. The second-order valence-corrected chi connectivity index (χ2v) is 3.58. The minimum absolute atomic E-state index is 0.0933. The van der Waals surface area contributed by atoms with E-state index in [4.69, 9.17) is 9.47 Å². The lowest BCUT2D eigenvalue weighted by Gasteiger charge is -2.08. The number of carbonyl (C=O) groups excluding carboxylic acids is 1. The van der Waals surface area contributed by atoms with Crippen LogP contribution in [0.2, 0.25) is 0 Å². The van der Waals surface area contributed by atoms with Crippen molar-refractivity contribution in [2.24, 2.45) is 5.92 Å². The van der Waals surface area contributed by atoms with Crippen molar-refractivity contribution in [3.05, 3.63) is 36.1 Å². The van der Waals surface area contributed by atoms with Crippen LogP contribution >= 0.6 is 0 Å². The zero-order valence-corrected chi connectivity index (χ0v) is 8.84. The minimum atomic E-state index is -0.243. The topological polar surface area (TPSA) is 55.8 Å². The van der Waals surface area contributed by atoms with Gasteiger partial charge in [0, 0.05) is 0 Å². The van der Waals surface area contributed by atoms with E-state index in [-0.39, 0.29) is 17.6 Å². The molecule has 4 heteroatoms. The van der Waals surface area contributed by atoms with Crippen LogP contribution in [0.3, 0.4) is 0 Å². The van der Waals surface area contributed by atoms with Crippen molar-refractivity contribution in [3.63, 3.8) is 0 Å². The molecule has 2 rings (SSSR count). The Bertz CT molecular complexity index is 437. The standard InChI is InChI=1S/C12H12O4/c1-15-11-7-8(2-3-10(11)13)6-9-4-5-16-12(9)14/h2-5,7,9,13H,6H2,1H3. The first-order valence-electron chi connectivity index (χ1n) is 4.94. The van der Waals surface area contributed by atoms with Gasteiger partial charge in [-0.15, -0.1) is 0 Å². The van der Waals surface area contributed by atoms with Gasteiger partial charge < -0.3 is 14.6 Å². The molecule has 1 aliphatic heterocycles. The first-order chi connectivity index (χ1) is 7.70. The van der Waals surface area contributed by atoms with Crippen LogP contribution in [-0.4, -0.2) is 18.2 Å². The second kappa shape index (κ2) is 4.26. The van der Waals surface area contributed by atoms with Crippen molar-refractivity contribution in [2.45, 2.75) is 6.42 Å². The fourth-order valence-corrected chi connectivity index (χ4v) is 1.62. The van der Waals surface area contributed by atoms with Crippen molar-refractivity contribution in [1.29, 1.82) is 0 Å². The molecular formula is C12H12O4. The highest BCUT2D eigenvalue weighted by atomic mass is 16.5. The molecule has 1 unspecified atom stereocenters. The number of rotatable bonds is 3. The summed E-state index contributed by atoms with van der Waals surface area (Å²) in [5.74, 6) is 0.0184. The smallest absolute Gasteiger partial charge is 0.318 e. The van der Waals surface area contributed by atoms with E-state index in [2.05, 4.69) is 0 Å². The van der Waals surface area contributed by atoms with E-state index >= 15 is 0 Å². The molecule has 0 amide bonds. The largest absolute Gasteiger partial charge is 0.504 e. The van der Waals surface area contributed by atoms with E-state index in [9.17, 15) is 9.90 Å². The summed E-state index contributed by atoms with van der Waals surface area (Å²) in [5, 5.41) is 9.42. The van der Waals surface area contributed by atoms with Crippen LogP contribution in [0.4, 0.5) is 0 Å². The Morgan fingerprint density at radius 3 is 2.94 bits per heavy atom. The van der Waals surface area contributed by atoms with Gasteiger partial charge in [-0.3, -0.25) is 4.79 Å². The van der Waals surface area contributed by atoms with E-state index in [1.807, 2.05) is 0 Å². The average molecular weight is 220 g/mol. The summed E-state index contributed by atoms with van der Waals surface area (Å²) in [6.07, 6.45) is 3.68. The molecule has 0 aliphatic carbocycles. The molecule has 1 heterocycles. The molecule has 1 N–H and O–H groups in total. The van der Waals surface area contributed by atoms with E-state index in [0.29, 0.717) is 12.2 Å². The second-order valence-electron chi connectivity index (χ2n) is 3.58. The van der Waals surface area contributed by atoms with Crippen LogP contribution in [0.25, 0.3) is 0 Å². The van der Waals surface area contributed by atoms with Crippen molar-refractivity contribution >= 4 is 5.97 Å². The predicted molar refractivity (Wildman–Crippen MR) is 57.1 cm³/mol. The Morgan fingerprint density at radius 1 is 1.50 bits per heavy atom. The highest BCUT2D eigenvalue weighted by Crippen LogP contribution is 2.28. The van der Waals surface area contributed by atoms with Gasteiger partial charge >= 0.3 is 5.97 Å². The van der Waals surface area contributed by atoms with Gasteiger partial charge in [-0.05, 0) is 30.2 Å². The molecular weight excluding hydrogens is 208 g/mol. The van der Waals surface area contributed by atoms with Crippen LogP contribution in [0.1, 0.15) is 5.56 Å². The summed E-state index contributed by atoms with van der Waals surface area (Å²) in [4.78, 5) is 11.2. The molecule has 0 radical (unpaired) electrons. The van der Waals surface area contributed by atoms with Crippen molar-refractivity contribution in [3.8, 4) is 11.5 Å². The number of phenolic OH excluding ortho intramolecular Hbond substituents is 1. The Labute approximate surface area is 93.1 Å². The van der Waals surface area contributed by atoms with Gasteiger partial charge in [0.25, 0.3) is 0 Å². The molecule has 0 bridgehead atoms. The maximum absolute atomic E-state index is 11.2. The molecule has 0 aromatic heterocycles. The lowest BCUT2D eigenvalue weighted by molar-refractivity contribution is -0.138. The number of phenols is 1. The summed E-state index contributed by atoms with van der Waals surface area (Å²) in [6.45, 7) is 0. The van der Waals surface area contributed by atoms with Gasteiger partial charge in [-0.2, -0.15) is 0 Å². The molecule has 1 aromatic carbocycles. The minimum Gasteiger partial charge on any atom is -0.504 e. The van der Waals surface area contributed by atoms with Crippen LogP contribution in [-0.2, 0) is 16.0 Å². The van der Waals surface area contributed by atoms with Crippen molar-refractivity contribution in [2.75, 3.05) is 7.11 Å². The zero-order valence-electron chi connectivity index (χ0n) is 8.84. The molecule has 0 saturated carbocycles. The lowest BCUT2D eigenvalue weighted by Crippen LogP contribution is -2.10. The van der Waals surface area contributed by atoms with E-state index < -0.39 is 0 Å². The quantitative estimate of drug-likeness (QED) is 0.786. The van der Waals surface area contributed by atoms with E-state index in [0.717, 1.165) is 5.56 Å². The van der Waals surface area contributed by atoms with Crippen LogP contribution in [0.5, 0.6) is 11.5 Å². The molecule has 0 saturated heterocycles. The Hall–Kier alpha value is -1.97. The number of hydrogen-bond donors (Lipinski definition) is 1. The Balaban J connectivity index is 2.15. The summed E-state index contributed by atoms with van der Waals surface area (Å²) in [5.41, 5.74) is 0.920. The number of esters is 1. The first kappa shape index (κ1) is 10.5. The number of methoxy groups -OCH3 is 1. The van der Waals surface area contributed by atoms with Crippen LogP contribution < -0.4 is 4.74 Å². The number of carbonyl (C=O) groups is 1. The number of cyclic esters (lactones) is 1. The maximum atomic E-state index is 11.2. The molecule has 1 atom stereocenters. The normalized spacial score (nSPS) is 18.6. The summed E-state index contributed by atoms with van der Waals surface area (Å²) >= 11 is 0. The predicted octanol–water partition coefficient (Wildman–Crippen LogP) is 1.63. The number of hydrogen-bond acceptors (Lipinski definition) is 4. The lowest BCUT2D eigenvalue weighted by atomic mass is 10.00. The third-order valence-electron chi connectivity index (χ3n) is 2.50. The highest BCUT2D eigenvalue weighted by molar-refractivity contribution is 5.77. The summed E-state index contributed by atoms with van der Waals surface area (Å²) in [7, 11) is 1.49. The average Bonchev–Trinajstić information content (AvgIpc) is 2.67. The van der Waals surface area contributed by atoms with E-state index in [1.54, 1.807) is 24.3 Å². The van der Waals surface area contributed by atoms with Gasteiger partial charge in [-0.1, -0.05) is 6.07 Å². The van der Waals surface area contributed by atoms with Gasteiger partial charge in [0.1, 0.15) is 0 Å². The molecule has 1 aromatic rings. The number of benzene rings is 1. The fourth-order valence-electron chi connectivity index (χ4n) is 1.62. The molecule has 4 nitrogen and oxygen atoms in total. The van der Waals surface area contributed by atoms with E-state index in [1.165, 1.54) is 13.4 Å².